The maximum Gasteiger partial charge on any atom is 0.303 e. The van der Waals surface area contributed by atoms with Crippen LogP contribution in [0.25, 0.3) is 22.0 Å². The molecule has 0 aliphatic heterocycles. The summed E-state index contributed by atoms with van der Waals surface area (Å²) in [4.78, 5) is 28.8. The third kappa shape index (κ3) is 6.10. The van der Waals surface area contributed by atoms with Gasteiger partial charge < -0.3 is 10.4 Å². The minimum Gasteiger partial charge on any atom is -0.481 e. The van der Waals surface area contributed by atoms with Gasteiger partial charge >= 0.3 is 5.97 Å². The van der Waals surface area contributed by atoms with Crippen molar-refractivity contribution in [3.63, 3.8) is 0 Å². The summed E-state index contributed by atoms with van der Waals surface area (Å²) in [6, 6.07) is 26.9. The number of fused-ring (bicyclic) bond motifs is 1. The number of aromatic nitrogens is 1. The average Bonchev–Trinajstić information content (AvgIpc) is 2.93. The van der Waals surface area contributed by atoms with Crippen molar-refractivity contribution in [3.05, 3.63) is 101 Å². The molecule has 1 heterocycles. The molecule has 5 nitrogen and oxygen atoms in total. The van der Waals surface area contributed by atoms with Crippen LogP contribution in [0.4, 0.5) is 0 Å². The summed E-state index contributed by atoms with van der Waals surface area (Å²) in [6.07, 6.45) is 5.14. The maximum absolute atomic E-state index is 13.0. The van der Waals surface area contributed by atoms with Gasteiger partial charge in [0.05, 0.1) is 11.1 Å². The zero-order valence-corrected chi connectivity index (χ0v) is 21.8. The number of carboxylic acid groups (broad SMARTS) is 1. The van der Waals surface area contributed by atoms with Gasteiger partial charge in [0.15, 0.2) is 0 Å². The van der Waals surface area contributed by atoms with Gasteiger partial charge in [0, 0.05) is 24.0 Å². The van der Waals surface area contributed by atoms with Crippen LogP contribution in [-0.2, 0) is 11.2 Å². The Hall–Kier alpha value is -3.99. The van der Waals surface area contributed by atoms with Gasteiger partial charge in [-0.05, 0) is 85.3 Å². The zero-order chi connectivity index (χ0) is 26.5. The number of carboxylic acids is 1. The maximum atomic E-state index is 13.0. The van der Waals surface area contributed by atoms with Crippen LogP contribution in [0.3, 0.4) is 0 Å². The second-order valence-corrected chi connectivity index (χ2v) is 10.5. The molecular formula is C33H34N2O3. The minimum absolute atomic E-state index is 0.0772. The van der Waals surface area contributed by atoms with Gasteiger partial charge in [-0.3, -0.25) is 14.6 Å². The van der Waals surface area contributed by atoms with E-state index in [1.54, 1.807) is 0 Å². The highest BCUT2D eigenvalue weighted by atomic mass is 16.4. The largest absolute Gasteiger partial charge is 0.481 e. The van der Waals surface area contributed by atoms with E-state index >= 15 is 0 Å². The molecule has 2 N–H and O–H groups in total. The van der Waals surface area contributed by atoms with E-state index in [9.17, 15) is 9.59 Å². The molecule has 4 aromatic rings. The first kappa shape index (κ1) is 25.7. The lowest BCUT2D eigenvalue weighted by Crippen LogP contribution is -2.26. The molecule has 0 bridgehead atoms. The smallest absolute Gasteiger partial charge is 0.303 e. The molecule has 194 valence electrons. The summed E-state index contributed by atoms with van der Waals surface area (Å²) in [5, 5.41) is 13.0. The Kier molecular flexibility index (Phi) is 7.83. The Morgan fingerprint density at radius 1 is 0.895 bits per heavy atom. The summed E-state index contributed by atoms with van der Waals surface area (Å²) >= 11 is 0. The van der Waals surface area contributed by atoms with Crippen molar-refractivity contribution in [3.8, 4) is 11.1 Å². The predicted molar refractivity (Wildman–Crippen MR) is 151 cm³/mol. The van der Waals surface area contributed by atoms with Gasteiger partial charge in [-0.2, -0.15) is 0 Å². The van der Waals surface area contributed by atoms with Gasteiger partial charge in [-0.15, -0.1) is 0 Å². The number of rotatable bonds is 8. The number of carbonyl (C=O) groups is 2. The molecule has 38 heavy (non-hydrogen) atoms. The molecule has 5 heteroatoms. The first-order chi connectivity index (χ1) is 18.5. The number of amides is 1. The third-order valence-corrected chi connectivity index (χ3v) is 7.75. The van der Waals surface area contributed by atoms with Gasteiger partial charge in [0.1, 0.15) is 0 Å². The number of aliphatic carboxylic acids is 1. The molecule has 1 saturated carbocycles. The van der Waals surface area contributed by atoms with Crippen molar-refractivity contribution < 1.29 is 14.7 Å². The monoisotopic (exact) mass is 506 g/mol. The number of nitrogens with zero attached hydrogens (tertiary/aromatic N) is 1. The number of nitrogens with one attached hydrogen (secondary N) is 1. The fraction of sp³-hybridized carbons (Fsp3) is 0.303. The summed E-state index contributed by atoms with van der Waals surface area (Å²) in [6.45, 7) is 2.50. The van der Waals surface area contributed by atoms with Gasteiger partial charge in [0.2, 0.25) is 0 Å². The molecule has 3 aromatic carbocycles. The van der Waals surface area contributed by atoms with Crippen LogP contribution < -0.4 is 5.32 Å². The van der Waals surface area contributed by atoms with Crippen molar-refractivity contribution in [2.24, 2.45) is 5.92 Å². The number of hydrogen-bond donors (Lipinski definition) is 2. The molecular weight excluding hydrogens is 472 g/mol. The van der Waals surface area contributed by atoms with Crippen molar-refractivity contribution >= 4 is 22.8 Å². The van der Waals surface area contributed by atoms with Crippen LogP contribution in [-0.4, -0.2) is 28.5 Å². The van der Waals surface area contributed by atoms with Gasteiger partial charge in [-0.25, -0.2) is 0 Å². The van der Waals surface area contributed by atoms with Gasteiger partial charge in [-0.1, -0.05) is 66.7 Å². The van der Waals surface area contributed by atoms with Crippen LogP contribution >= 0.6 is 0 Å². The Bertz CT molecular complexity index is 1420. The molecule has 0 unspecified atom stereocenters. The van der Waals surface area contributed by atoms with Crippen LogP contribution in [0.15, 0.2) is 78.9 Å². The Morgan fingerprint density at radius 3 is 2.32 bits per heavy atom. The standard InChI is InChI=1S/C33H34N2O3/c1-22-19-30(33(38)34-18-17-23-5-3-2-4-6-23)29-16-15-28(21-31(29)35-22)27-13-11-26(12-14-27)25-9-7-24(8-10-25)20-32(36)37/h2-6,11-16,19,21,24-25H,7-10,17-18,20H2,1H3,(H,34,38)(H,36,37)/t24-,25-. The number of carbonyl (C=O) groups excluding carboxylic acids is 1. The summed E-state index contributed by atoms with van der Waals surface area (Å²) in [5.74, 6) is 0.0469. The molecule has 1 aliphatic rings. The molecule has 1 aromatic heterocycles. The topological polar surface area (TPSA) is 79.3 Å². The van der Waals surface area contributed by atoms with Crippen LogP contribution in [0.5, 0.6) is 0 Å². The van der Waals surface area contributed by atoms with Crippen molar-refractivity contribution in [1.82, 2.24) is 10.3 Å². The SMILES string of the molecule is Cc1cc(C(=O)NCCc2ccccc2)c2ccc(-c3ccc([C@H]4CC[C@H](CC(=O)O)CC4)cc3)cc2n1. The Morgan fingerprint density at radius 2 is 1.61 bits per heavy atom. The lowest BCUT2D eigenvalue weighted by molar-refractivity contribution is -0.138. The fourth-order valence-corrected chi connectivity index (χ4v) is 5.68. The number of hydrogen-bond acceptors (Lipinski definition) is 3. The number of aryl methyl sites for hydroxylation is 1. The number of benzene rings is 3. The van der Waals surface area contributed by atoms with E-state index in [-0.39, 0.29) is 12.3 Å². The third-order valence-electron chi connectivity index (χ3n) is 7.75. The highest BCUT2D eigenvalue weighted by Gasteiger charge is 2.24. The first-order valence-electron chi connectivity index (χ1n) is 13.5. The average molecular weight is 507 g/mol. The van der Waals surface area contributed by atoms with E-state index < -0.39 is 5.97 Å². The van der Waals surface area contributed by atoms with Crippen LogP contribution in [0.2, 0.25) is 0 Å². The first-order valence-corrected chi connectivity index (χ1v) is 13.5. The van der Waals surface area contributed by atoms with E-state index in [0.29, 0.717) is 23.9 Å². The van der Waals surface area contributed by atoms with E-state index in [0.717, 1.165) is 59.8 Å². The quantitative estimate of drug-likeness (QED) is 0.272. The second-order valence-electron chi connectivity index (χ2n) is 10.5. The summed E-state index contributed by atoms with van der Waals surface area (Å²) in [5.41, 5.74) is 7.00. The van der Waals surface area contributed by atoms with E-state index in [2.05, 4.69) is 53.8 Å². The van der Waals surface area contributed by atoms with Gasteiger partial charge in [0.25, 0.3) is 5.91 Å². The zero-order valence-electron chi connectivity index (χ0n) is 21.8. The van der Waals surface area contributed by atoms with E-state index in [1.165, 1.54) is 11.1 Å². The van der Waals surface area contributed by atoms with Crippen molar-refractivity contribution in [2.45, 2.75) is 51.4 Å². The molecule has 0 radical (unpaired) electrons. The highest BCUT2D eigenvalue weighted by Crippen LogP contribution is 2.37. The predicted octanol–water partition coefficient (Wildman–Crippen LogP) is 6.93. The lowest BCUT2D eigenvalue weighted by Gasteiger charge is -2.28. The van der Waals surface area contributed by atoms with Crippen molar-refractivity contribution in [2.75, 3.05) is 6.54 Å². The normalized spacial score (nSPS) is 17.3. The van der Waals surface area contributed by atoms with E-state index in [1.807, 2.05) is 37.3 Å². The molecule has 1 amide bonds. The van der Waals surface area contributed by atoms with E-state index in [4.69, 9.17) is 10.1 Å². The summed E-state index contributed by atoms with van der Waals surface area (Å²) in [7, 11) is 0. The molecule has 1 fully saturated rings. The molecule has 1 aliphatic carbocycles. The molecule has 0 spiro atoms. The molecule has 0 atom stereocenters. The van der Waals surface area contributed by atoms with Crippen molar-refractivity contribution in [1.29, 1.82) is 0 Å². The Balaban J connectivity index is 1.28. The molecule has 0 saturated heterocycles. The lowest BCUT2D eigenvalue weighted by atomic mass is 9.77. The summed E-state index contributed by atoms with van der Waals surface area (Å²) < 4.78 is 0. The molecule has 5 rings (SSSR count). The second kappa shape index (κ2) is 11.6. The number of pyridine rings is 1. The fourth-order valence-electron chi connectivity index (χ4n) is 5.68. The Labute approximate surface area is 223 Å². The van der Waals surface area contributed by atoms with Crippen LogP contribution in [0.1, 0.15) is 65.2 Å². The minimum atomic E-state index is -0.686. The van der Waals surface area contributed by atoms with Crippen LogP contribution in [0, 0.1) is 12.8 Å². The highest BCUT2D eigenvalue weighted by molar-refractivity contribution is 6.06.